The van der Waals surface area contributed by atoms with Crippen LogP contribution in [-0.4, -0.2) is 59.8 Å². The number of anilines is 1. The first-order chi connectivity index (χ1) is 11.4. The molecule has 1 saturated heterocycles. The molecule has 0 saturated carbocycles. The van der Waals surface area contributed by atoms with Gasteiger partial charge >= 0.3 is 0 Å². The summed E-state index contributed by atoms with van der Waals surface area (Å²) in [5.74, 6) is -1.10. The first kappa shape index (κ1) is 16.4. The van der Waals surface area contributed by atoms with Gasteiger partial charge < -0.3 is 9.80 Å². The molecule has 0 spiro atoms. The number of carbonyl (C=O) groups excluding carboxylic acids is 2. The second kappa shape index (κ2) is 6.21. The van der Waals surface area contributed by atoms with E-state index < -0.39 is 16.7 Å². The number of nitro groups is 1. The van der Waals surface area contributed by atoms with Crippen LogP contribution in [0.2, 0.25) is 0 Å². The molecule has 24 heavy (non-hydrogen) atoms. The molecule has 0 unspecified atom stereocenters. The number of nitro benzene ring substituents is 1. The van der Waals surface area contributed by atoms with Crippen molar-refractivity contribution in [2.45, 2.75) is 0 Å². The summed E-state index contributed by atoms with van der Waals surface area (Å²) in [6.45, 7) is 2.75. The maximum atomic E-state index is 12.7. The number of amides is 2. The van der Waals surface area contributed by atoms with Gasteiger partial charge in [-0.2, -0.15) is 0 Å². The Kier molecular flexibility index (Phi) is 4.25. The number of nitrogens with zero attached hydrogens (tertiary/aromatic N) is 4. The van der Waals surface area contributed by atoms with Gasteiger partial charge in [-0.15, -0.1) is 0 Å². The van der Waals surface area contributed by atoms with E-state index in [0.29, 0.717) is 13.1 Å². The molecule has 0 aromatic heterocycles. The van der Waals surface area contributed by atoms with Gasteiger partial charge in [-0.3, -0.25) is 19.7 Å². The molecule has 0 radical (unpaired) electrons. The molecule has 2 aliphatic rings. The predicted octanol–water partition coefficient (Wildman–Crippen LogP) is 1.17. The zero-order valence-corrected chi connectivity index (χ0v) is 13.7. The van der Waals surface area contributed by atoms with E-state index in [2.05, 4.69) is 4.90 Å². The minimum Gasteiger partial charge on any atom is -0.363 e. The Bertz CT molecular complexity index is 738. The fraction of sp³-hybridized carbons (Fsp3) is 0.333. The Labute approximate surface area is 143 Å². The highest BCUT2D eigenvalue weighted by atomic mass is 35.5. The Balaban J connectivity index is 1.86. The SMILES string of the molecule is CN1CCN(C2=C(Cl)C(=O)N(c3ccc([N+](=O)[O-])cc3)C2=O)CC1. The van der Waals surface area contributed by atoms with Crippen LogP contribution in [0, 0.1) is 10.1 Å². The van der Waals surface area contributed by atoms with Gasteiger partial charge in [0.15, 0.2) is 0 Å². The van der Waals surface area contributed by atoms with Crippen LogP contribution in [0.25, 0.3) is 0 Å². The molecule has 2 heterocycles. The quantitative estimate of drug-likeness (QED) is 0.462. The highest BCUT2D eigenvalue weighted by molar-refractivity contribution is 6.52. The van der Waals surface area contributed by atoms with Crippen LogP contribution < -0.4 is 4.90 Å². The summed E-state index contributed by atoms with van der Waals surface area (Å²) >= 11 is 6.12. The smallest absolute Gasteiger partial charge is 0.283 e. The van der Waals surface area contributed by atoms with Gasteiger partial charge in [0.2, 0.25) is 0 Å². The molecule has 1 aromatic rings. The fourth-order valence-electron chi connectivity index (χ4n) is 2.75. The minimum absolute atomic E-state index is 0.108. The van der Waals surface area contributed by atoms with E-state index in [1.165, 1.54) is 24.3 Å². The van der Waals surface area contributed by atoms with Crippen molar-refractivity contribution < 1.29 is 14.5 Å². The Morgan fingerprint density at radius 2 is 1.62 bits per heavy atom. The van der Waals surface area contributed by atoms with E-state index in [9.17, 15) is 19.7 Å². The zero-order chi connectivity index (χ0) is 17.4. The summed E-state index contributed by atoms with van der Waals surface area (Å²) in [7, 11) is 1.98. The van der Waals surface area contributed by atoms with Crippen LogP contribution in [0.3, 0.4) is 0 Å². The van der Waals surface area contributed by atoms with Crippen molar-refractivity contribution in [3.8, 4) is 0 Å². The first-order valence-electron chi connectivity index (χ1n) is 7.36. The number of non-ortho nitro benzene ring substituents is 1. The maximum absolute atomic E-state index is 12.7. The van der Waals surface area contributed by atoms with Crippen molar-refractivity contribution in [2.24, 2.45) is 0 Å². The number of hydrogen-bond acceptors (Lipinski definition) is 6. The van der Waals surface area contributed by atoms with E-state index in [4.69, 9.17) is 11.6 Å². The summed E-state index contributed by atoms with van der Waals surface area (Å²) in [6, 6.07) is 5.23. The van der Waals surface area contributed by atoms with E-state index in [1.807, 2.05) is 11.9 Å². The number of halogens is 1. The van der Waals surface area contributed by atoms with Gasteiger partial charge in [-0.25, -0.2) is 4.90 Å². The van der Waals surface area contributed by atoms with Gasteiger partial charge in [0.05, 0.1) is 10.6 Å². The summed E-state index contributed by atoms with van der Waals surface area (Å²) in [6.07, 6.45) is 0. The van der Waals surface area contributed by atoms with Crippen LogP contribution in [0.1, 0.15) is 0 Å². The molecule has 3 rings (SSSR count). The van der Waals surface area contributed by atoms with Gasteiger partial charge in [0.1, 0.15) is 10.7 Å². The van der Waals surface area contributed by atoms with E-state index in [0.717, 1.165) is 18.0 Å². The second-order valence-electron chi connectivity index (χ2n) is 5.67. The summed E-state index contributed by atoms with van der Waals surface area (Å²) in [5.41, 5.74) is 0.349. The number of imide groups is 1. The van der Waals surface area contributed by atoms with E-state index >= 15 is 0 Å². The number of rotatable bonds is 3. The fourth-order valence-corrected chi connectivity index (χ4v) is 3.04. The normalized spacial score (nSPS) is 19.4. The van der Waals surface area contributed by atoms with Crippen LogP contribution in [-0.2, 0) is 9.59 Å². The average molecular weight is 351 g/mol. The van der Waals surface area contributed by atoms with Crippen LogP contribution in [0.15, 0.2) is 35.0 Å². The average Bonchev–Trinajstić information content (AvgIpc) is 2.78. The van der Waals surface area contributed by atoms with Crippen LogP contribution >= 0.6 is 11.6 Å². The van der Waals surface area contributed by atoms with Crippen molar-refractivity contribution in [3.05, 3.63) is 45.1 Å². The molecule has 0 atom stereocenters. The zero-order valence-electron chi connectivity index (χ0n) is 12.9. The standard InChI is InChI=1S/C15H15ClN4O4/c1-17-6-8-18(9-7-17)13-12(16)14(21)19(15(13)22)10-2-4-11(5-3-10)20(23)24/h2-5H,6-9H2,1H3. The molecule has 126 valence electrons. The molecule has 2 aliphatic heterocycles. The molecule has 2 amide bonds. The van der Waals surface area contributed by atoms with Crippen molar-refractivity contribution in [1.29, 1.82) is 0 Å². The topological polar surface area (TPSA) is 87.0 Å². The summed E-state index contributed by atoms with van der Waals surface area (Å²) < 4.78 is 0. The Morgan fingerprint density at radius 1 is 1.04 bits per heavy atom. The molecule has 9 heteroatoms. The van der Waals surface area contributed by atoms with Gasteiger partial charge in [-0.05, 0) is 19.2 Å². The lowest BCUT2D eigenvalue weighted by Gasteiger charge is -2.34. The van der Waals surface area contributed by atoms with Crippen molar-refractivity contribution in [2.75, 3.05) is 38.1 Å². The van der Waals surface area contributed by atoms with Gasteiger partial charge in [0, 0.05) is 38.3 Å². The summed E-state index contributed by atoms with van der Waals surface area (Å²) in [4.78, 5) is 40.2. The molecule has 0 aliphatic carbocycles. The largest absolute Gasteiger partial charge is 0.363 e. The second-order valence-corrected chi connectivity index (χ2v) is 6.05. The number of hydrogen-bond donors (Lipinski definition) is 0. The Hall–Kier alpha value is -2.45. The van der Waals surface area contributed by atoms with Crippen molar-refractivity contribution in [3.63, 3.8) is 0 Å². The molecule has 1 aromatic carbocycles. The number of likely N-dealkylation sites (N-methyl/N-ethyl adjacent to an activating group) is 1. The highest BCUT2D eigenvalue weighted by Gasteiger charge is 2.41. The summed E-state index contributed by atoms with van der Waals surface area (Å²) in [5, 5.41) is 10.6. The number of benzene rings is 1. The third kappa shape index (κ3) is 2.74. The molecule has 0 bridgehead atoms. The molecule has 0 N–H and O–H groups in total. The van der Waals surface area contributed by atoms with E-state index in [-0.39, 0.29) is 22.1 Å². The molecule has 1 fully saturated rings. The predicted molar refractivity (Wildman–Crippen MR) is 87.5 cm³/mol. The number of piperazine rings is 1. The monoisotopic (exact) mass is 350 g/mol. The lowest BCUT2D eigenvalue weighted by Crippen LogP contribution is -2.46. The highest BCUT2D eigenvalue weighted by Crippen LogP contribution is 2.32. The van der Waals surface area contributed by atoms with E-state index in [1.54, 1.807) is 0 Å². The molecule has 8 nitrogen and oxygen atoms in total. The lowest BCUT2D eigenvalue weighted by atomic mass is 10.2. The Morgan fingerprint density at radius 3 is 2.17 bits per heavy atom. The number of carbonyl (C=O) groups is 2. The van der Waals surface area contributed by atoms with Crippen molar-refractivity contribution in [1.82, 2.24) is 9.80 Å². The van der Waals surface area contributed by atoms with Gasteiger partial charge in [-0.1, -0.05) is 11.6 Å². The van der Waals surface area contributed by atoms with Crippen LogP contribution in [0.5, 0.6) is 0 Å². The molecular formula is C15H15ClN4O4. The van der Waals surface area contributed by atoms with Crippen molar-refractivity contribution >= 4 is 34.8 Å². The lowest BCUT2D eigenvalue weighted by molar-refractivity contribution is -0.384. The third-order valence-electron chi connectivity index (χ3n) is 4.14. The third-order valence-corrected chi connectivity index (χ3v) is 4.48. The maximum Gasteiger partial charge on any atom is 0.283 e. The minimum atomic E-state index is -0.607. The van der Waals surface area contributed by atoms with Crippen LogP contribution in [0.4, 0.5) is 11.4 Å². The molecular weight excluding hydrogens is 336 g/mol. The van der Waals surface area contributed by atoms with Gasteiger partial charge in [0.25, 0.3) is 17.5 Å². The first-order valence-corrected chi connectivity index (χ1v) is 7.74.